The molecule has 2 aliphatic heterocycles. The van der Waals surface area contributed by atoms with Gasteiger partial charge in [-0.3, -0.25) is 19.3 Å². The smallest absolute Gasteiger partial charge is 0.238 e. The lowest BCUT2D eigenvalue weighted by atomic mass is 9.95. The van der Waals surface area contributed by atoms with E-state index in [1.54, 1.807) is 19.1 Å². The number of rotatable bonds is 6. The van der Waals surface area contributed by atoms with E-state index in [1.165, 1.54) is 12.1 Å². The summed E-state index contributed by atoms with van der Waals surface area (Å²) >= 11 is 0. The average molecular weight is 467 g/mol. The Hall–Kier alpha value is -3.26. The molecule has 8 heteroatoms. The Labute approximate surface area is 199 Å². The van der Waals surface area contributed by atoms with Gasteiger partial charge in [0.2, 0.25) is 11.8 Å². The first kappa shape index (κ1) is 23.9. The first-order valence-electron chi connectivity index (χ1n) is 11.8. The van der Waals surface area contributed by atoms with Gasteiger partial charge in [-0.05, 0) is 81.4 Å². The Morgan fingerprint density at radius 2 is 1.50 bits per heavy atom. The number of piperidine rings is 1. The van der Waals surface area contributed by atoms with Crippen molar-refractivity contribution in [1.29, 1.82) is 0 Å². The molecule has 0 unspecified atom stereocenters. The maximum absolute atomic E-state index is 13.1. The Kier molecular flexibility index (Phi) is 7.57. The minimum Gasteiger partial charge on any atom is -0.368 e. The molecule has 1 N–H and O–H groups in total. The first-order valence-corrected chi connectivity index (χ1v) is 11.8. The Morgan fingerprint density at radius 3 is 2.09 bits per heavy atom. The van der Waals surface area contributed by atoms with Gasteiger partial charge in [0.25, 0.3) is 0 Å². The molecule has 2 aromatic rings. The highest BCUT2D eigenvalue weighted by Gasteiger charge is 2.31. The second-order valence-electron chi connectivity index (χ2n) is 9.02. The number of halogens is 1. The monoisotopic (exact) mass is 466 g/mol. The molecule has 2 fully saturated rings. The van der Waals surface area contributed by atoms with Gasteiger partial charge >= 0.3 is 0 Å². The van der Waals surface area contributed by atoms with Crippen LogP contribution in [0.5, 0.6) is 0 Å². The molecule has 2 amide bonds. The summed E-state index contributed by atoms with van der Waals surface area (Å²) in [6.07, 6.45) is 1.49. The largest absolute Gasteiger partial charge is 0.368 e. The highest BCUT2D eigenvalue weighted by Crippen LogP contribution is 2.23. The van der Waals surface area contributed by atoms with Crippen molar-refractivity contribution in [3.05, 3.63) is 59.9 Å². The summed E-state index contributed by atoms with van der Waals surface area (Å²) in [6, 6.07) is 13.4. The fourth-order valence-electron chi connectivity index (χ4n) is 4.63. The van der Waals surface area contributed by atoms with Crippen molar-refractivity contribution in [3.63, 3.8) is 0 Å². The lowest BCUT2D eigenvalue weighted by Gasteiger charge is -2.39. The van der Waals surface area contributed by atoms with Crippen LogP contribution in [-0.4, -0.2) is 73.2 Å². The van der Waals surface area contributed by atoms with Crippen molar-refractivity contribution in [1.82, 2.24) is 9.80 Å². The highest BCUT2D eigenvalue weighted by molar-refractivity contribution is 5.94. The van der Waals surface area contributed by atoms with Gasteiger partial charge in [0, 0.05) is 49.0 Å². The quantitative estimate of drug-likeness (QED) is 0.663. The maximum Gasteiger partial charge on any atom is 0.238 e. The lowest BCUT2D eigenvalue weighted by Crippen LogP contribution is -2.52. The van der Waals surface area contributed by atoms with E-state index in [1.807, 2.05) is 29.2 Å². The summed E-state index contributed by atoms with van der Waals surface area (Å²) in [6.45, 7) is 6.15. The number of ketones is 1. The summed E-state index contributed by atoms with van der Waals surface area (Å²) in [7, 11) is 0. The molecule has 0 radical (unpaired) electrons. The van der Waals surface area contributed by atoms with E-state index >= 15 is 0 Å². The van der Waals surface area contributed by atoms with E-state index in [4.69, 9.17) is 0 Å². The van der Waals surface area contributed by atoms with E-state index < -0.39 is 0 Å². The minimum absolute atomic E-state index is 0.00203. The zero-order chi connectivity index (χ0) is 24.1. The predicted octanol–water partition coefficient (Wildman–Crippen LogP) is 3.03. The van der Waals surface area contributed by atoms with E-state index in [0.717, 1.165) is 31.6 Å². The van der Waals surface area contributed by atoms with Crippen LogP contribution >= 0.6 is 0 Å². The van der Waals surface area contributed by atoms with Crippen LogP contribution in [0.25, 0.3) is 0 Å². The molecular weight excluding hydrogens is 435 g/mol. The number of Topliss-reactive ketones (excluding diaryl/α,β-unsaturated/α-hetero) is 1. The number of carbonyl (C=O) groups excluding carboxylic acids is 3. The van der Waals surface area contributed by atoms with Crippen LogP contribution in [0.2, 0.25) is 0 Å². The Bertz CT molecular complexity index is 1010. The summed E-state index contributed by atoms with van der Waals surface area (Å²) in [5, 5.41) is 2.78. The molecule has 0 atom stereocenters. The number of nitrogens with zero attached hydrogens (tertiary/aromatic N) is 3. The van der Waals surface area contributed by atoms with Crippen LogP contribution in [0.1, 0.15) is 30.1 Å². The van der Waals surface area contributed by atoms with Crippen LogP contribution in [0, 0.1) is 11.7 Å². The van der Waals surface area contributed by atoms with Gasteiger partial charge in [0.1, 0.15) is 5.82 Å². The summed E-state index contributed by atoms with van der Waals surface area (Å²) in [4.78, 5) is 43.1. The van der Waals surface area contributed by atoms with Crippen LogP contribution < -0.4 is 10.2 Å². The van der Waals surface area contributed by atoms with E-state index in [9.17, 15) is 18.8 Å². The van der Waals surface area contributed by atoms with Crippen LogP contribution in [0.15, 0.2) is 48.5 Å². The number of benzene rings is 2. The molecule has 2 aromatic carbocycles. The van der Waals surface area contributed by atoms with Crippen LogP contribution in [0.3, 0.4) is 0 Å². The first-order chi connectivity index (χ1) is 16.4. The molecule has 0 aliphatic carbocycles. The fraction of sp³-hybridized carbons (Fsp3) is 0.423. The number of likely N-dealkylation sites (tertiary alicyclic amines) is 1. The van der Waals surface area contributed by atoms with Gasteiger partial charge in [-0.2, -0.15) is 0 Å². The van der Waals surface area contributed by atoms with Gasteiger partial charge in [0.05, 0.1) is 6.54 Å². The van der Waals surface area contributed by atoms with E-state index in [2.05, 4.69) is 15.1 Å². The molecule has 7 nitrogen and oxygen atoms in total. The third-order valence-corrected chi connectivity index (χ3v) is 6.66. The zero-order valence-corrected chi connectivity index (χ0v) is 19.5. The molecule has 0 bridgehead atoms. The van der Waals surface area contributed by atoms with Crippen LogP contribution in [0.4, 0.5) is 15.8 Å². The van der Waals surface area contributed by atoms with Crippen molar-refractivity contribution in [3.8, 4) is 0 Å². The molecule has 2 saturated heterocycles. The average Bonchev–Trinajstić information content (AvgIpc) is 2.85. The van der Waals surface area contributed by atoms with Crippen molar-refractivity contribution in [2.24, 2.45) is 5.92 Å². The van der Waals surface area contributed by atoms with Gasteiger partial charge in [-0.25, -0.2) is 4.39 Å². The van der Waals surface area contributed by atoms with E-state index in [0.29, 0.717) is 37.4 Å². The fourth-order valence-corrected chi connectivity index (χ4v) is 4.63. The zero-order valence-electron chi connectivity index (χ0n) is 19.5. The summed E-state index contributed by atoms with van der Waals surface area (Å²) in [5.41, 5.74) is 2.35. The van der Waals surface area contributed by atoms with E-state index in [-0.39, 0.29) is 35.9 Å². The topological polar surface area (TPSA) is 73.0 Å². The Balaban J connectivity index is 1.20. The molecular formula is C26H31FN4O3. The highest BCUT2D eigenvalue weighted by atomic mass is 19.1. The van der Waals surface area contributed by atoms with Gasteiger partial charge < -0.3 is 15.1 Å². The maximum atomic E-state index is 13.1. The van der Waals surface area contributed by atoms with Crippen molar-refractivity contribution >= 4 is 29.0 Å². The second-order valence-corrected chi connectivity index (χ2v) is 9.02. The minimum atomic E-state index is -0.338. The SMILES string of the molecule is CC(=O)c1ccc(N2CCN(C(=O)C3CCN(CC(=O)Nc4ccc(F)cc4)CC3)CC2)cc1. The van der Waals surface area contributed by atoms with Crippen LogP contribution in [-0.2, 0) is 9.59 Å². The second kappa shape index (κ2) is 10.8. The molecule has 2 heterocycles. The number of nitrogens with one attached hydrogen (secondary N) is 1. The molecule has 0 aromatic heterocycles. The molecule has 2 aliphatic rings. The summed E-state index contributed by atoms with van der Waals surface area (Å²) in [5.74, 6) is -0.209. The summed E-state index contributed by atoms with van der Waals surface area (Å²) < 4.78 is 13.0. The van der Waals surface area contributed by atoms with Crippen molar-refractivity contribution in [2.45, 2.75) is 19.8 Å². The number of carbonyl (C=O) groups is 3. The third kappa shape index (κ3) is 5.99. The number of piperazine rings is 1. The molecule has 0 spiro atoms. The molecule has 180 valence electrons. The number of anilines is 2. The predicted molar refractivity (Wildman–Crippen MR) is 129 cm³/mol. The van der Waals surface area contributed by atoms with Gasteiger partial charge in [-0.15, -0.1) is 0 Å². The molecule has 0 saturated carbocycles. The molecule has 34 heavy (non-hydrogen) atoms. The standard InChI is InChI=1S/C26H31FN4O3/c1-19(32)20-2-8-24(9-3-20)30-14-16-31(17-15-30)26(34)21-10-12-29(13-11-21)18-25(33)28-23-6-4-22(27)5-7-23/h2-9,21H,10-18H2,1H3,(H,28,33). The molecule has 4 rings (SSSR count). The van der Waals surface area contributed by atoms with Crippen molar-refractivity contribution in [2.75, 3.05) is 56.0 Å². The third-order valence-electron chi connectivity index (χ3n) is 6.66. The van der Waals surface area contributed by atoms with Gasteiger partial charge in [-0.1, -0.05) is 0 Å². The number of hydrogen-bond donors (Lipinski definition) is 1. The van der Waals surface area contributed by atoms with Gasteiger partial charge in [0.15, 0.2) is 5.78 Å². The number of amides is 2. The normalized spacial score (nSPS) is 17.5. The van der Waals surface area contributed by atoms with Crippen molar-refractivity contribution < 1.29 is 18.8 Å². The Morgan fingerprint density at radius 1 is 0.882 bits per heavy atom. The lowest BCUT2D eigenvalue weighted by molar-refractivity contribution is -0.137. The number of hydrogen-bond acceptors (Lipinski definition) is 5.